The summed E-state index contributed by atoms with van der Waals surface area (Å²) in [6.45, 7) is 1.85. The van der Waals surface area contributed by atoms with E-state index in [0.717, 1.165) is 4.70 Å². The molecule has 0 aliphatic carbocycles. The van der Waals surface area contributed by atoms with Crippen LogP contribution in [-0.4, -0.2) is 54.0 Å². The molecular weight excluding hydrogens is 478 g/mol. The summed E-state index contributed by atoms with van der Waals surface area (Å²) in [7, 11) is 0. The lowest BCUT2D eigenvalue weighted by Gasteiger charge is -2.22. The van der Waals surface area contributed by atoms with Crippen molar-refractivity contribution < 1.29 is 24.9 Å². The molecule has 0 spiro atoms. The lowest BCUT2D eigenvalue weighted by atomic mass is 9.98. The topological polar surface area (TPSA) is 116 Å². The van der Waals surface area contributed by atoms with Crippen LogP contribution < -0.4 is 0 Å². The summed E-state index contributed by atoms with van der Waals surface area (Å²) < 4.78 is 2.08. The van der Waals surface area contributed by atoms with E-state index in [1.165, 1.54) is 39.9 Å². The summed E-state index contributed by atoms with van der Waals surface area (Å²) in [6.07, 6.45) is 1.12. The highest BCUT2D eigenvalue weighted by atomic mass is 35.5. The van der Waals surface area contributed by atoms with Gasteiger partial charge in [0.25, 0.3) is 0 Å². The molecule has 1 aliphatic heterocycles. The second kappa shape index (κ2) is 8.34. The molecule has 2 aromatic heterocycles. The molecule has 3 N–H and O–H groups in total. The van der Waals surface area contributed by atoms with Crippen LogP contribution in [0.1, 0.15) is 30.1 Å². The minimum atomic E-state index is -0.747. The number of carbonyl (C=O) groups excluding carboxylic acids is 2. The van der Waals surface area contributed by atoms with E-state index < -0.39 is 23.5 Å². The Bertz CT molecular complexity index is 1440. The number of aromatic hydroxyl groups is 3. The Morgan fingerprint density at radius 3 is 2.56 bits per heavy atom. The van der Waals surface area contributed by atoms with Gasteiger partial charge in [-0.2, -0.15) is 0 Å². The second-order valence-electron chi connectivity index (χ2n) is 8.12. The number of fused-ring (bicyclic) bond motifs is 1. The lowest BCUT2D eigenvalue weighted by Crippen LogP contribution is -2.39. The van der Waals surface area contributed by atoms with E-state index in [-0.39, 0.29) is 22.9 Å². The van der Waals surface area contributed by atoms with Gasteiger partial charge in [-0.15, -0.1) is 0 Å². The summed E-state index contributed by atoms with van der Waals surface area (Å²) in [4.78, 5) is 31.8. The Labute approximate surface area is 203 Å². The molecule has 0 saturated carbocycles. The van der Waals surface area contributed by atoms with E-state index in [1.807, 2.05) is 0 Å². The third-order valence-corrected chi connectivity index (χ3v) is 7.24. The van der Waals surface area contributed by atoms with Crippen LogP contribution in [0.2, 0.25) is 5.02 Å². The number of carbonyl (C=O) groups is 2. The first kappa shape index (κ1) is 22.2. The lowest BCUT2D eigenvalue weighted by molar-refractivity contribution is -0.128. The number of phenols is 1. The Balaban J connectivity index is 1.76. The van der Waals surface area contributed by atoms with E-state index in [4.69, 9.17) is 11.6 Å². The molecule has 1 aliphatic rings. The number of hydrogen-bond donors (Lipinski definition) is 3. The molecule has 4 aromatic rings. The number of halogens is 1. The van der Waals surface area contributed by atoms with Crippen molar-refractivity contribution in [2.45, 2.75) is 25.8 Å². The molecule has 2 aromatic carbocycles. The molecule has 1 atom stereocenters. The zero-order chi connectivity index (χ0) is 24.1. The molecule has 174 valence electrons. The van der Waals surface area contributed by atoms with Crippen molar-refractivity contribution >= 4 is 44.8 Å². The fourth-order valence-electron chi connectivity index (χ4n) is 4.42. The molecule has 10 heteroatoms. The van der Waals surface area contributed by atoms with Crippen LogP contribution in [0.4, 0.5) is 0 Å². The average Bonchev–Trinajstić information content (AvgIpc) is 3.50. The maximum absolute atomic E-state index is 13.7. The first-order valence-electron chi connectivity index (χ1n) is 10.6. The quantitative estimate of drug-likeness (QED) is 0.351. The number of nitrogens with zero attached hydrogens (tertiary/aromatic N) is 3. The van der Waals surface area contributed by atoms with Gasteiger partial charge < -0.3 is 20.2 Å². The Kier molecular flexibility index (Phi) is 5.45. The van der Waals surface area contributed by atoms with E-state index >= 15 is 0 Å². The van der Waals surface area contributed by atoms with Crippen molar-refractivity contribution in [1.82, 2.24) is 14.5 Å². The minimum absolute atomic E-state index is 0.0244. The second-order valence-corrected chi connectivity index (χ2v) is 9.57. The van der Waals surface area contributed by atoms with Crippen molar-refractivity contribution in [3.63, 3.8) is 0 Å². The van der Waals surface area contributed by atoms with Crippen LogP contribution in [-0.2, 0) is 4.79 Å². The van der Waals surface area contributed by atoms with Gasteiger partial charge in [-0.1, -0.05) is 22.9 Å². The predicted octanol–water partition coefficient (Wildman–Crippen LogP) is 4.72. The molecule has 1 fully saturated rings. The number of phenolic OH excluding ortho intramolecular Hbond substituents is 1. The number of aromatic nitrogens is 2. The third kappa shape index (κ3) is 3.57. The molecule has 3 heterocycles. The van der Waals surface area contributed by atoms with Crippen molar-refractivity contribution in [2.24, 2.45) is 0 Å². The van der Waals surface area contributed by atoms with Crippen molar-refractivity contribution in [3.05, 3.63) is 53.1 Å². The molecule has 1 unspecified atom stereocenters. The fourth-order valence-corrected chi connectivity index (χ4v) is 5.68. The van der Waals surface area contributed by atoms with Crippen molar-refractivity contribution in [3.8, 4) is 33.8 Å². The van der Waals surface area contributed by atoms with Gasteiger partial charge >= 0.3 is 0 Å². The van der Waals surface area contributed by atoms with Crippen molar-refractivity contribution in [1.29, 1.82) is 0 Å². The summed E-state index contributed by atoms with van der Waals surface area (Å²) in [5.41, 5.74) is 1.24. The van der Waals surface area contributed by atoms with Gasteiger partial charge in [-0.05, 0) is 60.9 Å². The number of amides is 1. The Morgan fingerprint density at radius 1 is 1.12 bits per heavy atom. The summed E-state index contributed by atoms with van der Waals surface area (Å²) in [6, 6.07) is 10.5. The van der Waals surface area contributed by atoms with Crippen LogP contribution in [0.5, 0.6) is 17.4 Å². The van der Waals surface area contributed by atoms with E-state index in [1.54, 1.807) is 30.3 Å². The summed E-state index contributed by atoms with van der Waals surface area (Å²) in [5.74, 6) is -1.79. The Hall–Kier alpha value is -3.56. The molecular formula is C24H20ClN3O5S. The first-order chi connectivity index (χ1) is 16.3. The molecule has 8 nitrogen and oxygen atoms in total. The van der Waals surface area contributed by atoms with Gasteiger partial charge in [0.1, 0.15) is 5.75 Å². The predicted molar refractivity (Wildman–Crippen MR) is 129 cm³/mol. The van der Waals surface area contributed by atoms with Crippen LogP contribution in [0.3, 0.4) is 0 Å². The van der Waals surface area contributed by atoms with Crippen LogP contribution in [0, 0.1) is 0 Å². The van der Waals surface area contributed by atoms with Gasteiger partial charge in [0, 0.05) is 18.5 Å². The normalized spacial score (nSPS) is 15.8. The molecule has 0 bridgehead atoms. The summed E-state index contributed by atoms with van der Waals surface area (Å²) in [5, 5.41) is 32.6. The van der Waals surface area contributed by atoms with Gasteiger partial charge in [-0.3, -0.25) is 14.2 Å². The molecule has 1 amide bonds. The van der Waals surface area contributed by atoms with Crippen LogP contribution >= 0.6 is 22.9 Å². The number of benzene rings is 2. The highest BCUT2D eigenvalue weighted by Crippen LogP contribution is 2.46. The van der Waals surface area contributed by atoms with Gasteiger partial charge in [-0.25, -0.2) is 4.98 Å². The summed E-state index contributed by atoms with van der Waals surface area (Å²) >= 11 is 7.35. The highest BCUT2D eigenvalue weighted by molar-refractivity contribution is 7.20. The Morgan fingerprint density at radius 2 is 1.85 bits per heavy atom. The smallest absolute Gasteiger partial charge is 0.242 e. The minimum Gasteiger partial charge on any atom is -0.508 e. The van der Waals surface area contributed by atoms with Gasteiger partial charge in [0.05, 0.1) is 27.5 Å². The molecule has 0 radical (unpaired) electrons. The van der Waals surface area contributed by atoms with Crippen molar-refractivity contribution in [2.75, 3.05) is 6.54 Å². The third-order valence-electron chi connectivity index (χ3n) is 6.00. The van der Waals surface area contributed by atoms with Gasteiger partial charge in [0.2, 0.25) is 11.8 Å². The standard InChI is InChI=1S/C24H20ClN3O5S/c1-12(29)27-10-2-3-17(27)21(31)19-20(13-4-7-15(30)8-5-13)28(23(33)22(19)32)24-26-16-9-6-14(25)11-18(16)34-24/h4-9,11,17,30,32-33H,2-3,10H2,1H3. The fraction of sp³-hybridized carbons (Fsp3) is 0.208. The van der Waals surface area contributed by atoms with Gasteiger partial charge in [0.15, 0.2) is 16.7 Å². The number of ketones is 1. The van der Waals surface area contributed by atoms with Crippen LogP contribution in [0.15, 0.2) is 42.5 Å². The number of rotatable bonds is 4. The first-order valence-corrected chi connectivity index (χ1v) is 11.8. The van der Waals surface area contributed by atoms with E-state index in [0.29, 0.717) is 40.6 Å². The monoisotopic (exact) mass is 497 g/mol. The molecule has 1 saturated heterocycles. The zero-order valence-corrected chi connectivity index (χ0v) is 19.6. The SMILES string of the molecule is CC(=O)N1CCCC1C(=O)c1c(O)c(O)n(-c2nc3ccc(Cl)cc3s2)c1-c1ccc(O)cc1. The largest absolute Gasteiger partial charge is 0.508 e. The molecule has 5 rings (SSSR count). The number of hydrogen-bond acceptors (Lipinski definition) is 7. The number of Topliss-reactive ketones (excluding diaryl/α,β-unsaturated/α-hetero) is 1. The van der Waals surface area contributed by atoms with E-state index in [9.17, 15) is 24.9 Å². The van der Waals surface area contributed by atoms with Crippen LogP contribution in [0.25, 0.3) is 26.6 Å². The maximum Gasteiger partial charge on any atom is 0.242 e. The number of likely N-dealkylation sites (tertiary alicyclic amines) is 1. The zero-order valence-electron chi connectivity index (χ0n) is 18.0. The molecule has 34 heavy (non-hydrogen) atoms. The highest BCUT2D eigenvalue weighted by Gasteiger charge is 2.39. The maximum atomic E-state index is 13.7. The number of thiazole rings is 1. The average molecular weight is 498 g/mol. The van der Waals surface area contributed by atoms with E-state index in [2.05, 4.69) is 4.98 Å².